The molecule has 0 aromatic heterocycles. The molecule has 0 atom stereocenters. The summed E-state index contributed by atoms with van der Waals surface area (Å²) in [6.45, 7) is 1.97. The number of nitrogens with zero attached hydrogens (tertiary/aromatic N) is 3. The van der Waals surface area contributed by atoms with Gasteiger partial charge in [-0.15, -0.1) is 0 Å². The van der Waals surface area contributed by atoms with Crippen LogP contribution in [-0.2, 0) is 4.79 Å². The Bertz CT molecular complexity index is 506. The standard InChI is InChI=1S/C13H16N4O/c1-15-5-6-17-9-13(18)16(2)12-7-10(8-14)3-4-11(12)17/h3-4,7,15H,5-6,9H2,1-2H3. The number of carbonyl (C=O) groups excluding carboxylic acids is 1. The zero-order valence-electron chi connectivity index (χ0n) is 10.6. The average molecular weight is 244 g/mol. The van der Waals surface area contributed by atoms with E-state index in [1.54, 1.807) is 24.1 Å². The van der Waals surface area contributed by atoms with Crippen LogP contribution in [0, 0.1) is 11.3 Å². The Hall–Kier alpha value is -2.06. The molecule has 0 unspecified atom stereocenters. The van der Waals surface area contributed by atoms with Gasteiger partial charge in [-0.3, -0.25) is 4.79 Å². The predicted octanol–water partition coefficient (Wildman–Crippen LogP) is 0.560. The zero-order valence-corrected chi connectivity index (χ0v) is 10.6. The summed E-state index contributed by atoms with van der Waals surface area (Å²) in [7, 11) is 3.63. The van der Waals surface area contributed by atoms with Crippen molar-refractivity contribution in [1.29, 1.82) is 5.26 Å². The number of nitriles is 1. The lowest BCUT2D eigenvalue weighted by molar-refractivity contribution is -0.117. The first-order valence-electron chi connectivity index (χ1n) is 5.87. The molecule has 0 spiro atoms. The molecule has 0 saturated heterocycles. The predicted molar refractivity (Wildman–Crippen MR) is 70.7 cm³/mol. The van der Waals surface area contributed by atoms with E-state index in [4.69, 9.17) is 5.26 Å². The third-order valence-electron chi connectivity index (χ3n) is 3.14. The maximum Gasteiger partial charge on any atom is 0.246 e. The Morgan fingerprint density at radius 2 is 2.22 bits per heavy atom. The molecular formula is C13H16N4O. The third kappa shape index (κ3) is 2.15. The van der Waals surface area contributed by atoms with Gasteiger partial charge in [-0.2, -0.15) is 5.26 Å². The van der Waals surface area contributed by atoms with Gasteiger partial charge >= 0.3 is 0 Å². The molecule has 1 aliphatic heterocycles. The first-order valence-corrected chi connectivity index (χ1v) is 5.87. The fourth-order valence-corrected chi connectivity index (χ4v) is 2.06. The molecule has 0 aliphatic carbocycles. The van der Waals surface area contributed by atoms with Crippen LogP contribution in [0.15, 0.2) is 18.2 Å². The van der Waals surface area contributed by atoms with E-state index in [1.807, 2.05) is 18.0 Å². The molecular weight excluding hydrogens is 228 g/mol. The van der Waals surface area contributed by atoms with Gasteiger partial charge in [0.05, 0.1) is 29.6 Å². The van der Waals surface area contributed by atoms with Crippen LogP contribution in [0.1, 0.15) is 5.56 Å². The van der Waals surface area contributed by atoms with Gasteiger partial charge in [-0.1, -0.05) is 0 Å². The van der Waals surface area contributed by atoms with E-state index in [0.717, 1.165) is 24.5 Å². The van der Waals surface area contributed by atoms with E-state index >= 15 is 0 Å². The van der Waals surface area contributed by atoms with Gasteiger partial charge in [0, 0.05) is 20.1 Å². The number of nitrogens with one attached hydrogen (secondary N) is 1. The Morgan fingerprint density at radius 3 is 2.89 bits per heavy atom. The summed E-state index contributed by atoms with van der Waals surface area (Å²) in [4.78, 5) is 15.6. The topological polar surface area (TPSA) is 59.4 Å². The quantitative estimate of drug-likeness (QED) is 0.844. The van der Waals surface area contributed by atoms with E-state index in [-0.39, 0.29) is 5.91 Å². The normalized spacial score (nSPS) is 14.4. The molecule has 5 nitrogen and oxygen atoms in total. The highest BCUT2D eigenvalue weighted by Crippen LogP contribution is 2.33. The molecule has 1 heterocycles. The van der Waals surface area contributed by atoms with Crippen LogP contribution >= 0.6 is 0 Å². The minimum absolute atomic E-state index is 0.0497. The van der Waals surface area contributed by atoms with Gasteiger partial charge in [0.1, 0.15) is 0 Å². The van der Waals surface area contributed by atoms with Crippen LogP contribution in [0.4, 0.5) is 11.4 Å². The monoisotopic (exact) mass is 244 g/mol. The van der Waals surface area contributed by atoms with Crippen molar-refractivity contribution in [3.8, 4) is 6.07 Å². The van der Waals surface area contributed by atoms with Crippen molar-refractivity contribution in [2.75, 3.05) is 43.5 Å². The molecule has 1 aromatic rings. The maximum atomic E-state index is 11.9. The SMILES string of the molecule is CNCCN1CC(=O)N(C)c2cc(C#N)ccc21. The largest absolute Gasteiger partial charge is 0.359 e. The van der Waals surface area contributed by atoms with Gasteiger partial charge in [-0.05, 0) is 25.2 Å². The van der Waals surface area contributed by atoms with Crippen molar-refractivity contribution in [3.05, 3.63) is 23.8 Å². The second-order valence-corrected chi connectivity index (χ2v) is 4.29. The van der Waals surface area contributed by atoms with Gasteiger partial charge < -0.3 is 15.1 Å². The fraction of sp³-hybridized carbons (Fsp3) is 0.385. The number of likely N-dealkylation sites (N-methyl/N-ethyl adjacent to an activating group) is 2. The lowest BCUT2D eigenvalue weighted by Crippen LogP contribution is -2.45. The number of benzene rings is 1. The van der Waals surface area contributed by atoms with Gasteiger partial charge in [-0.25, -0.2) is 0 Å². The number of rotatable bonds is 3. The molecule has 5 heteroatoms. The molecule has 94 valence electrons. The number of amides is 1. The minimum Gasteiger partial charge on any atom is -0.359 e. The summed E-state index contributed by atoms with van der Waals surface area (Å²) in [6, 6.07) is 7.56. The molecule has 1 aromatic carbocycles. The Labute approximate surface area is 107 Å². The summed E-state index contributed by atoms with van der Waals surface area (Å²) >= 11 is 0. The Kier molecular flexibility index (Phi) is 3.49. The zero-order chi connectivity index (χ0) is 13.1. The van der Waals surface area contributed by atoms with Crippen LogP contribution < -0.4 is 15.1 Å². The van der Waals surface area contributed by atoms with Crippen molar-refractivity contribution in [1.82, 2.24) is 5.32 Å². The second-order valence-electron chi connectivity index (χ2n) is 4.29. The van der Waals surface area contributed by atoms with Crippen LogP contribution in [-0.4, -0.2) is 39.6 Å². The Morgan fingerprint density at radius 1 is 1.44 bits per heavy atom. The number of hydrogen-bond acceptors (Lipinski definition) is 4. The van der Waals surface area contributed by atoms with E-state index in [2.05, 4.69) is 11.4 Å². The first kappa shape index (κ1) is 12.4. The fourth-order valence-electron chi connectivity index (χ4n) is 2.06. The smallest absolute Gasteiger partial charge is 0.246 e. The molecule has 0 radical (unpaired) electrons. The maximum absolute atomic E-state index is 11.9. The number of anilines is 2. The molecule has 1 N–H and O–H groups in total. The first-order chi connectivity index (χ1) is 8.67. The molecule has 1 amide bonds. The number of carbonyl (C=O) groups is 1. The summed E-state index contributed by atoms with van der Waals surface area (Å²) in [5.74, 6) is 0.0497. The van der Waals surface area contributed by atoms with Crippen molar-refractivity contribution in [2.24, 2.45) is 0 Å². The van der Waals surface area contributed by atoms with Crippen molar-refractivity contribution >= 4 is 17.3 Å². The summed E-state index contributed by atoms with van der Waals surface area (Å²) in [6.07, 6.45) is 0. The molecule has 2 rings (SSSR count). The van der Waals surface area contributed by atoms with E-state index in [9.17, 15) is 4.79 Å². The van der Waals surface area contributed by atoms with Crippen molar-refractivity contribution in [2.45, 2.75) is 0 Å². The van der Waals surface area contributed by atoms with Gasteiger partial charge in [0.2, 0.25) is 5.91 Å². The van der Waals surface area contributed by atoms with Crippen LogP contribution in [0.5, 0.6) is 0 Å². The summed E-state index contributed by atoms with van der Waals surface area (Å²) < 4.78 is 0. The second kappa shape index (κ2) is 5.07. The van der Waals surface area contributed by atoms with Crippen molar-refractivity contribution in [3.63, 3.8) is 0 Å². The van der Waals surface area contributed by atoms with Crippen LogP contribution in [0.3, 0.4) is 0 Å². The Balaban J connectivity index is 2.39. The van der Waals surface area contributed by atoms with Crippen LogP contribution in [0.2, 0.25) is 0 Å². The van der Waals surface area contributed by atoms with Gasteiger partial charge in [0.25, 0.3) is 0 Å². The van der Waals surface area contributed by atoms with Crippen molar-refractivity contribution < 1.29 is 4.79 Å². The van der Waals surface area contributed by atoms with E-state index < -0.39 is 0 Å². The number of hydrogen-bond donors (Lipinski definition) is 1. The molecule has 18 heavy (non-hydrogen) atoms. The molecule has 0 saturated carbocycles. The highest BCUT2D eigenvalue weighted by Gasteiger charge is 2.26. The highest BCUT2D eigenvalue weighted by atomic mass is 16.2. The average Bonchev–Trinajstić information content (AvgIpc) is 2.40. The minimum atomic E-state index is 0.0497. The third-order valence-corrected chi connectivity index (χ3v) is 3.14. The molecule has 0 bridgehead atoms. The summed E-state index contributed by atoms with van der Waals surface area (Å²) in [5.41, 5.74) is 2.39. The van der Waals surface area contributed by atoms with Crippen LogP contribution in [0.25, 0.3) is 0 Å². The molecule has 0 fully saturated rings. The van der Waals surface area contributed by atoms with E-state index in [0.29, 0.717) is 12.1 Å². The lowest BCUT2D eigenvalue weighted by atomic mass is 10.1. The summed E-state index contributed by atoms with van der Waals surface area (Å²) in [5, 5.41) is 12.0. The lowest BCUT2D eigenvalue weighted by Gasteiger charge is -2.35. The van der Waals surface area contributed by atoms with E-state index in [1.165, 1.54) is 0 Å². The van der Waals surface area contributed by atoms with Gasteiger partial charge in [0.15, 0.2) is 0 Å². The number of fused-ring (bicyclic) bond motifs is 1. The highest BCUT2D eigenvalue weighted by molar-refractivity contribution is 6.03. The molecule has 1 aliphatic rings.